The Hall–Kier alpha value is -1.80. The van der Waals surface area contributed by atoms with Crippen molar-refractivity contribution >= 4 is 10.0 Å². The third-order valence-electron chi connectivity index (χ3n) is 3.69. The van der Waals surface area contributed by atoms with E-state index in [2.05, 4.69) is 5.10 Å². The second-order valence-corrected chi connectivity index (χ2v) is 7.94. The van der Waals surface area contributed by atoms with Crippen molar-refractivity contribution in [2.75, 3.05) is 13.6 Å². The van der Waals surface area contributed by atoms with E-state index >= 15 is 0 Å². The molecule has 1 aromatic heterocycles. The van der Waals surface area contributed by atoms with Gasteiger partial charge in [-0.2, -0.15) is 5.10 Å². The summed E-state index contributed by atoms with van der Waals surface area (Å²) in [5.41, 5.74) is 2.03. The normalized spacial score (nSPS) is 12.1. The van der Waals surface area contributed by atoms with Crippen molar-refractivity contribution < 1.29 is 17.2 Å². The molecule has 0 fully saturated rings. The summed E-state index contributed by atoms with van der Waals surface area (Å²) in [4.78, 5) is 0. The van der Waals surface area contributed by atoms with Crippen LogP contribution in [0.25, 0.3) is 0 Å². The Morgan fingerprint density at radius 2 is 1.75 bits per heavy atom. The molecule has 8 heteroatoms. The number of benzene rings is 1. The molecule has 0 saturated carbocycles. The number of hydrogen-bond donors (Lipinski definition) is 0. The van der Waals surface area contributed by atoms with Crippen LogP contribution in [0.15, 0.2) is 24.3 Å². The Bertz CT molecular complexity index is 798. The molecule has 1 aromatic carbocycles. The Morgan fingerprint density at radius 1 is 1.12 bits per heavy atom. The molecule has 0 N–H and O–H groups in total. The van der Waals surface area contributed by atoms with Crippen molar-refractivity contribution in [3.63, 3.8) is 0 Å². The first-order chi connectivity index (χ1) is 11.2. The van der Waals surface area contributed by atoms with Gasteiger partial charge in [0.2, 0.25) is 10.0 Å². The minimum atomic E-state index is -3.64. The van der Waals surface area contributed by atoms with Gasteiger partial charge in [-0.3, -0.25) is 4.68 Å². The van der Waals surface area contributed by atoms with E-state index in [9.17, 15) is 17.2 Å². The molecule has 0 bridgehead atoms. The van der Waals surface area contributed by atoms with Crippen LogP contribution in [0, 0.1) is 25.5 Å². The van der Waals surface area contributed by atoms with Gasteiger partial charge in [-0.1, -0.05) is 0 Å². The first-order valence-electron chi connectivity index (χ1n) is 7.57. The third-order valence-corrected chi connectivity index (χ3v) is 5.52. The lowest BCUT2D eigenvalue weighted by molar-refractivity contribution is 0.435. The highest BCUT2D eigenvalue weighted by Gasteiger charge is 2.19. The average molecular weight is 357 g/mol. The van der Waals surface area contributed by atoms with Crippen LogP contribution in [0.2, 0.25) is 0 Å². The highest BCUT2D eigenvalue weighted by Crippen LogP contribution is 2.14. The van der Waals surface area contributed by atoms with Crippen molar-refractivity contribution in [1.29, 1.82) is 0 Å². The first kappa shape index (κ1) is 18.5. The van der Waals surface area contributed by atoms with Crippen molar-refractivity contribution in [2.24, 2.45) is 0 Å². The van der Waals surface area contributed by atoms with Gasteiger partial charge >= 0.3 is 0 Å². The smallest absolute Gasteiger partial charge is 0.218 e. The van der Waals surface area contributed by atoms with Gasteiger partial charge < -0.3 is 0 Å². The molecule has 1 heterocycles. The summed E-state index contributed by atoms with van der Waals surface area (Å²) >= 11 is 0. The number of nitrogens with zero attached hydrogens (tertiary/aromatic N) is 3. The lowest BCUT2D eigenvalue weighted by Gasteiger charge is -2.17. The standard InChI is InChI=1S/C16H21F2N3O2S/c1-12-7-13(2)21(19-12)6-4-5-20(3)24(22,23)11-14-8-15(17)10-16(18)9-14/h7-10H,4-6,11H2,1-3H3. The van der Waals surface area contributed by atoms with Crippen LogP contribution in [0.3, 0.4) is 0 Å². The van der Waals surface area contributed by atoms with E-state index in [0.717, 1.165) is 23.5 Å². The van der Waals surface area contributed by atoms with Gasteiger partial charge in [-0.05, 0) is 44.0 Å². The summed E-state index contributed by atoms with van der Waals surface area (Å²) in [6, 6.07) is 4.74. The number of halogens is 2. The Kier molecular flexibility index (Phi) is 5.71. The minimum absolute atomic E-state index is 0.0953. The topological polar surface area (TPSA) is 55.2 Å². The number of aromatic nitrogens is 2. The molecule has 0 aliphatic heterocycles. The molecule has 5 nitrogen and oxygen atoms in total. The molecule has 0 unspecified atom stereocenters. The number of rotatable bonds is 7. The van der Waals surface area contributed by atoms with Gasteiger partial charge in [-0.25, -0.2) is 21.5 Å². The maximum Gasteiger partial charge on any atom is 0.218 e. The Labute approximate surface area is 141 Å². The lowest BCUT2D eigenvalue weighted by Crippen LogP contribution is -2.30. The summed E-state index contributed by atoms with van der Waals surface area (Å²) in [6.45, 7) is 4.75. The second kappa shape index (κ2) is 7.40. The molecule has 0 aliphatic rings. The minimum Gasteiger partial charge on any atom is -0.270 e. The number of sulfonamides is 1. The highest BCUT2D eigenvalue weighted by molar-refractivity contribution is 7.88. The fourth-order valence-electron chi connectivity index (χ4n) is 2.50. The Morgan fingerprint density at radius 3 is 2.29 bits per heavy atom. The van der Waals surface area contributed by atoms with Crippen molar-refractivity contribution in [1.82, 2.24) is 14.1 Å². The predicted octanol–water partition coefficient (Wildman–Crippen LogP) is 2.63. The summed E-state index contributed by atoms with van der Waals surface area (Å²) in [5, 5.41) is 4.32. The molecule has 0 radical (unpaired) electrons. The van der Waals surface area contributed by atoms with Gasteiger partial charge in [0.05, 0.1) is 11.4 Å². The van der Waals surface area contributed by atoms with E-state index in [0.29, 0.717) is 25.6 Å². The zero-order chi connectivity index (χ0) is 17.9. The molecule has 132 valence electrons. The van der Waals surface area contributed by atoms with E-state index in [4.69, 9.17) is 0 Å². The lowest BCUT2D eigenvalue weighted by atomic mass is 10.2. The molecule has 0 aliphatic carbocycles. The van der Waals surface area contributed by atoms with E-state index in [1.807, 2.05) is 24.6 Å². The molecule has 2 rings (SSSR count). The Balaban J connectivity index is 1.94. The van der Waals surface area contributed by atoms with Crippen LogP contribution in [0.5, 0.6) is 0 Å². The molecule has 24 heavy (non-hydrogen) atoms. The molecular weight excluding hydrogens is 336 g/mol. The molecule has 0 saturated heterocycles. The summed E-state index contributed by atoms with van der Waals surface area (Å²) < 4.78 is 54.0. The molecule has 2 aromatic rings. The van der Waals surface area contributed by atoms with Gasteiger partial charge in [0.15, 0.2) is 0 Å². The summed E-state index contributed by atoms with van der Waals surface area (Å²) in [6.07, 6.45) is 0.592. The van der Waals surface area contributed by atoms with Gasteiger partial charge in [-0.15, -0.1) is 0 Å². The van der Waals surface area contributed by atoms with E-state index in [-0.39, 0.29) is 5.56 Å². The van der Waals surface area contributed by atoms with E-state index < -0.39 is 27.4 Å². The average Bonchev–Trinajstić information content (AvgIpc) is 2.75. The zero-order valence-electron chi connectivity index (χ0n) is 14.0. The fourth-order valence-corrected chi connectivity index (χ4v) is 3.71. The summed E-state index contributed by atoms with van der Waals surface area (Å²) in [7, 11) is -2.17. The van der Waals surface area contributed by atoms with E-state index in [1.165, 1.54) is 11.4 Å². The van der Waals surface area contributed by atoms with Crippen LogP contribution in [0.1, 0.15) is 23.4 Å². The van der Waals surface area contributed by atoms with Crippen molar-refractivity contribution in [3.8, 4) is 0 Å². The molecule has 0 amide bonds. The monoisotopic (exact) mass is 357 g/mol. The second-order valence-electron chi connectivity index (χ2n) is 5.86. The van der Waals surface area contributed by atoms with E-state index in [1.54, 1.807) is 0 Å². The van der Waals surface area contributed by atoms with Crippen LogP contribution in [-0.4, -0.2) is 36.1 Å². The third kappa shape index (κ3) is 4.85. The SMILES string of the molecule is Cc1cc(C)n(CCCN(C)S(=O)(=O)Cc2cc(F)cc(F)c2)n1. The fraction of sp³-hybridized carbons (Fsp3) is 0.438. The van der Waals surface area contributed by atoms with Gasteiger partial charge in [0, 0.05) is 31.9 Å². The van der Waals surface area contributed by atoms with Crippen LogP contribution in [0.4, 0.5) is 8.78 Å². The van der Waals surface area contributed by atoms with Crippen LogP contribution < -0.4 is 0 Å². The van der Waals surface area contributed by atoms with Crippen LogP contribution in [-0.2, 0) is 22.3 Å². The maximum atomic E-state index is 13.2. The van der Waals surface area contributed by atoms with Crippen molar-refractivity contribution in [3.05, 3.63) is 52.9 Å². The predicted molar refractivity (Wildman–Crippen MR) is 87.9 cm³/mol. The first-order valence-corrected chi connectivity index (χ1v) is 9.18. The molecule has 0 atom stereocenters. The summed E-state index contributed by atoms with van der Waals surface area (Å²) in [5.74, 6) is -2.00. The van der Waals surface area contributed by atoms with Gasteiger partial charge in [0.1, 0.15) is 11.6 Å². The molecular formula is C16H21F2N3O2S. The van der Waals surface area contributed by atoms with Crippen molar-refractivity contribution in [2.45, 2.75) is 32.6 Å². The number of aryl methyl sites for hydroxylation is 3. The number of hydrogen-bond acceptors (Lipinski definition) is 3. The van der Waals surface area contributed by atoms with Gasteiger partial charge in [0.25, 0.3) is 0 Å². The zero-order valence-corrected chi connectivity index (χ0v) is 14.8. The largest absolute Gasteiger partial charge is 0.270 e. The highest BCUT2D eigenvalue weighted by atomic mass is 32.2. The van der Waals surface area contributed by atoms with Crippen LogP contribution >= 0.6 is 0 Å². The quantitative estimate of drug-likeness (QED) is 0.765. The maximum absolute atomic E-state index is 13.2. The molecule has 0 spiro atoms.